The predicted octanol–water partition coefficient (Wildman–Crippen LogP) is -0.697. The van der Waals surface area contributed by atoms with Crippen LogP contribution in [-0.4, -0.2) is 59.8 Å². The van der Waals surface area contributed by atoms with Crippen molar-refractivity contribution in [3.05, 3.63) is 27.7 Å². The molecule has 0 aliphatic carbocycles. The minimum absolute atomic E-state index is 0.0131. The van der Waals surface area contributed by atoms with Gasteiger partial charge < -0.3 is 15.0 Å². The van der Waals surface area contributed by atoms with E-state index in [1.54, 1.807) is 11.8 Å². The molecule has 1 unspecified atom stereocenters. The summed E-state index contributed by atoms with van der Waals surface area (Å²) >= 11 is 0. The molecule has 3 rings (SSSR count). The van der Waals surface area contributed by atoms with Crippen LogP contribution in [0.2, 0.25) is 0 Å². The first-order valence-electron chi connectivity index (χ1n) is 7.75. The highest BCUT2D eigenvalue weighted by atomic mass is 16.5. The van der Waals surface area contributed by atoms with Gasteiger partial charge in [0, 0.05) is 43.9 Å². The highest BCUT2D eigenvalue weighted by molar-refractivity contribution is 5.92. The van der Waals surface area contributed by atoms with Crippen LogP contribution in [0.3, 0.4) is 0 Å². The van der Waals surface area contributed by atoms with E-state index in [0.29, 0.717) is 38.5 Å². The van der Waals surface area contributed by atoms with Gasteiger partial charge in [-0.3, -0.25) is 19.5 Å². The molecule has 1 atom stereocenters. The van der Waals surface area contributed by atoms with Crippen molar-refractivity contribution in [3.63, 3.8) is 0 Å². The van der Waals surface area contributed by atoms with E-state index < -0.39 is 11.3 Å². The molecule has 2 fully saturated rings. The molecular formula is C15H20N4O4. The number of nitrogens with zero attached hydrogens (tertiary/aromatic N) is 2. The molecule has 2 N–H and O–H groups in total. The van der Waals surface area contributed by atoms with Gasteiger partial charge in [0.25, 0.3) is 5.91 Å². The Morgan fingerprint density at radius 2 is 2.26 bits per heavy atom. The molecule has 8 heteroatoms. The second-order valence-corrected chi connectivity index (χ2v) is 6.14. The summed E-state index contributed by atoms with van der Waals surface area (Å²) in [4.78, 5) is 37.6. The Bertz CT molecular complexity index is 660. The summed E-state index contributed by atoms with van der Waals surface area (Å²) in [6, 6.07) is 1.34. The summed E-state index contributed by atoms with van der Waals surface area (Å²) in [5, 5.41) is 9.09. The van der Waals surface area contributed by atoms with Crippen LogP contribution in [0.4, 0.5) is 0 Å². The number of aromatic nitrogens is 2. The van der Waals surface area contributed by atoms with Crippen LogP contribution in [0.5, 0.6) is 0 Å². The summed E-state index contributed by atoms with van der Waals surface area (Å²) in [5.74, 6) is -0.141. The highest BCUT2D eigenvalue weighted by Crippen LogP contribution is 2.22. The normalized spacial score (nSPS) is 21.1. The number of aromatic amines is 1. The molecular weight excluding hydrogens is 300 g/mol. The molecule has 0 bridgehead atoms. The maximum absolute atomic E-state index is 12.1. The number of H-pyrrole nitrogens is 1. The number of ether oxygens (including phenoxy) is 1. The summed E-state index contributed by atoms with van der Waals surface area (Å²) in [5.41, 5.74) is 0.0759. The summed E-state index contributed by atoms with van der Waals surface area (Å²) < 4.78 is 5.23. The fourth-order valence-corrected chi connectivity index (χ4v) is 2.85. The van der Waals surface area contributed by atoms with Crippen molar-refractivity contribution in [2.24, 2.45) is 11.8 Å². The topological polar surface area (TPSA) is 104 Å². The van der Waals surface area contributed by atoms with Gasteiger partial charge in [-0.05, 0) is 13.3 Å². The molecule has 2 saturated heterocycles. The molecule has 23 heavy (non-hydrogen) atoms. The second kappa shape index (κ2) is 6.49. The van der Waals surface area contributed by atoms with Gasteiger partial charge in [-0.15, -0.1) is 0 Å². The number of likely N-dealkylation sites (tertiary alicyclic amines) is 1. The van der Waals surface area contributed by atoms with Crippen molar-refractivity contribution in [3.8, 4) is 0 Å². The number of nitrogens with one attached hydrogen (secondary N) is 2. The molecule has 3 heterocycles. The summed E-state index contributed by atoms with van der Waals surface area (Å²) in [6.07, 6.45) is 0.790. The monoisotopic (exact) mass is 320 g/mol. The van der Waals surface area contributed by atoms with Gasteiger partial charge >= 0.3 is 0 Å². The van der Waals surface area contributed by atoms with Gasteiger partial charge in [-0.2, -0.15) is 5.10 Å². The van der Waals surface area contributed by atoms with E-state index in [2.05, 4.69) is 15.5 Å². The Labute approximate surface area is 133 Å². The Balaban J connectivity index is 1.44. The third kappa shape index (κ3) is 3.42. The molecule has 1 aromatic heterocycles. The lowest BCUT2D eigenvalue weighted by molar-refractivity contribution is -0.141. The van der Waals surface area contributed by atoms with Crippen molar-refractivity contribution < 1.29 is 14.3 Å². The Kier molecular flexibility index (Phi) is 4.42. The van der Waals surface area contributed by atoms with E-state index in [9.17, 15) is 14.4 Å². The van der Waals surface area contributed by atoms with Crippen LogP contribution in [0.1, 0.15) is 22.6 Å². The first-order valence-corrected chi connectivity index (χ1v) is 7.75. The zero-order valence-corrected chi connectivity index (χ0v) is 13.0. The lowest BCUT2D eigenvalue weighted by Gasteiger charge is -2.40. The fourth-order valence-electron chi connectivity index (χ4n) is 2.85. The molecule has 8 nitrogen and oxygen atoms in total. The minimum atomic E-state index is -0.486. The van der Waals surface area contributed by atoms with Gasteiger partial charge in [-0.25, -0.2) is 0 Å². The van der Waals surface area contributed by atoms with E-state index in [0.717, 1.165) is 6.42 Å². The molecule has 2 amide bonds. The van der Waals surface area contributed by atoms with Crippen molar-refractivity contribution in [2.75, 3.05) is 32.8 Å². The van der Waals surface area contributed by atoms with Gasteiger partial charge in [0.1, 0.15) is 0 Å². The third-order valence-electron chi connectivity index (χ3n) is 4.24. The molecule has 0 radical (unpaired) electrons. The molecule has 0 saturated carbocycles. The predicted molar refractivity (Wildman–Crippen MR) is 80.9 cm³/mol. The third-order valence-corrected chi connectivity index (χ3v) is 4.24. The molecule has 2 aliphatic heterocycles. The van der Waals surface area contributed by atoms with E-state index in [-0.39, 0.29) is 23.4 Å². The molecule has 1 aromatic rings. The minimum Gasteiger partial charge on any atom is -0.381 e. The van der Waals surface area contributed by atoms with Gasteiger partial charge in [-0.1, -0.05) is 0 Å². The number of hydrogen-bond acceptors (Lipinski definition) is 5. The lowest BCUT2D eigenvalue weighted by Crippen LogP contribution is -2.55. The summed E-state index contributed by atoms with van der Waals surface area (Å²) in [7, 11) is 0. The maximum atomic E-state index is 12.1. The van der Waals surface area contributed by atoms with Crippen molar-refractivity contribution in [1.82, 2.24) is 20.4 Å². The average molecular weight is 320 g/mol. The van der Waals surface area contributed by atoms with Gasteiger partial charge in [0.15, 0.2) is 5.69 Å². The Hall–Kier alpha value is -2.22. The van der Waals surface area contributed by atoms with Crippen LogP contribution < -0.4 is 10.7 Å². The van der Waals surface area contributed by atoms with Gasteiger partial charge in [0.2, 0.25) is 11.3 Å². The van der Waals surface area contributed by atoms with Crippen LogP contribution in [-0.2, 0) is 9.53 Å². The van der Waals surface area contributed by atoms with E-state index >= 15 is 0 Å². The number of rotatable bonds is 4. The lowest BCUT2D eigenvalue weighted by atomic mass is 9.96. The van der Waals surface area contributed by atoms with Crippen molar-refractivity contribution in [2.45, 2.75) is 13.3 Å². The largest absolute Gasteiger partial charge is 0.381 e. The number of aryl methyl sites for hydroxylation is 1. The zero-order chi connectivity index (χ0) is 16.4. The van der Waals surface area contributed by atoms with Crippen molar-refractivity contribution in [1.29, 1.82) is 0 Å². The number of carbonyl (C=O) groups is 2. The second-order valence-electron chi connectivity index (χ2n) is 6.14. The number of amides is 2. The number of hydrogen-bond donors (Lipinski definition) is 2. The van der Waals surface area contributed by atoms with E-state index in [1.807, 2.05) is 0 Å². The zero-order valence-electron chi connectivity index (χ0n) is 13.0. The fraction of sp³-hybridized carbons (Fsp3) is 0.600. The van der Waals surface area contributed by atoms with Crippen molar-refractivity contribution >= 4 is 11.8 Å². The first kappa shape index (κ1) is 15.7. The van der Waals surface area contributed by atoms with E-state index in [4.69, 9.17) is 4.74 Å². The average Bonchev–Trinajstić information content (AvgIpc) is 2.99. The number of carbonyl (C=O) groups excluding carboxylic acids is 2. The summed E-state index contributed by atoms with van der Waals surface area (Å²) in [6.45, 7) is 4.56. The quantitative estimate of drug-likeness (QED) is 0.763. The standard InChI is InChI=1S/C15H20N4O4/c1-9-4-12(20)13(18-17-9)14(21)16-5-10-6-19(7-10)15(22)11-2-3-23-8-11/h4,10-11H,2-3,5-8H2,1H3,(H,16,21)(H,17,20). The van der Waals surface area contributed by atoms with Gasteiger partial charge in [0.05, 0.1) is 12.5 Å². The highest BCUT2D eigenvalue weighted by Gasteiger charge is 2.36. The van der Waals surface area contributed by atoms with E-state index in [1.165, 1.54) is 6.07 Å². The first-order chi connectivity index (χ1) is 11.0. The van der Waals surface area contributed by atoms with Crippen LogP contribution in [0.15, 0.2) is 10.9 Å². The molecule has 2 aliphatic rings. The van der Waals surface area contributed by atoms with Crippen LogP contribution in [0.25, 0.3) is 0 Å². The molecule has 124 valence electrons. The SMILES string of the molecule is Cc1cc(=O)c(C(=O)NCC2CN(C(=O)C3CCOC3)C2)n[nH]1. The Morgan fingerprint density at radius 1 is 1.48 bits per heavy atom. The molecule has 0 aromatic carbocycles. The smallest absolute Gasteiger partial charge is 0.275 e. The van der Waals surface area contributed by atoms with Crippen LogP contribution >= 0.6 is 0 Å². The Morgan fingerprint density at radius 3 is 2.91 bits per heavy atom. The van der Waals surface area contributed by atoms with Crippen LogP contribution in [0, 0.1) is 18.8 Å². The maximum Gasteiger partial charge on any atom is 0.275 e. The molecule has 0 spiro atoms.